The van der Waals surface area contributed by atoms with E-state index in [1.54, 1.807) is 11.4 Å². The molecule has 1 aromatic rings. The molecule has 0 spiro atoms. The molecule has 2 heterocycles. The maximum atomic E-state index is 12.5. The lowest BCUT2D eigenvalue weighted by molar-refractivity contribution is 0.0790. The Morgan fingerprint density at radius 1 is 1.33 bits per heavy atom. The Hall–Kier alpha value is -0.470. The summed E-state index contributed by atoms with van der Waals surface area (Å²) in [7, 11) is -3.47. The highest BCUT2D eigenvalue weighted by Crippen LogP contribution is 2.24. The fourth-order valence-electron chi connectivity index (χ4n) is 2.63. The molecule has 2 atom stereocenters. The number of nitrogens with zero attached hydrogens (tertiary/aromatic N) is 1. The summed E-state index contributed by atoms with van der Waals surface area (Å²) in [4.78, 5) is 4.18. The van der Waals surface area contributed by atoms with Gasteiger partial charge >= 0.3 is 0 Å². The third-order valence-electron chi connectivity index (χ3n) is 3.91. The average Bonchev–Trinajstić information content (AvgIpc) is 2.90. The normalized spacial score (nSPS) is 24.3. The van der Waals surface area contributed by atoms with Gasteiger partial charge in [-0.15, -0.1) is 16.2 Å². The van der Waals surface area contributed by atoms with Gasteiger partial charge in [-0.25, -0.2) is 13.4 Å². The van der Waals surface area contributed by atoms with Crippen molar-refractivity contribution in [3.63, 3.8) is 0 Å². The van der Waals surface area contributed by atoms with Gasteiger partial charge < -0.3 is 5.32 Å². The molecule has 2 unspecified atom stereocenters. The first-order valence-corrected chi connectivity index (χ1v) is 9.89. The van der Waals surface area contributed by atoms with Gasteiger partial charge in [0.2, 0.25) is 0 Å². The Bertz CT molecular complexity index is 546. The smallest absolute Gasteiger partial charge is 0.254 e. The van der Waals surface area contributed by atoms with E-state index in [0.717, 1.165) is 30.7 Å². The van der Waals surface area contributed by atoms with Crippen LogP contribution in [-0.2, 0) is 16.6 Å². The summed E-state index contributed by atoms with van der Waals surface area (Å²) in [6.45, 7) is 7.77. The molecule has 7 heteroatoms. The molecular formula is C14H25N3O2S2. The summed E-state index contributed by atoms with van der Waals surface area (Å²) < 4.78 is 25.0. The van der Waals surface area contributed by atoms with E-state index in [1.165, 1.54) is 11.3 Å². The Balaban J connectivity index is 2.08. The van der Waals surface area contributed by atoms with Crippen molar-refractivity contribution in [2.75, 3.05) is 6.54 Å². The Labute approximate surface area is 131 Å². The van der Waals surface area contributed by atoms with Gasteiger partial charge in [0, 0.05) is 28.9 Å². The standard InChI is InChI=1S/C14H25N3O2S2/c1-4-15-9-13-8-14(10-20-13)21(18,19)16-17-11(2)6-5-7-12(17)3/h8,10-12,15-16H,4-7,9H2,1-3H3. The molecule has 1 aromatic heterocycles. The largest absolute Gasteiger partial charge is 0.312 e. The van der Waals surface area contributed by atoms with Crippen LogP contribution in [0.1, 0.15) is 44.9 Å². The fraction of sp³-hybridized carbons (Fsp3) is 0.714. The van der Waals surface area contributed by atoms with Crippen LogP contribution in [0.2, 0.25) is 0 Å². The third kappa shape index (κ3) is 4.26. The molecule has 120 valence electrons. The maximum absolute atomic E-state index is 12.5. The van der Waals surface area contributed by atoms with Gasteiger partial charge in [0.1, 0.15) is 0 Å². The number of thiophene rings is 1. The lowest BCUT2D eigenvalue weighted by Gasteiger charge is -2.38. The molecule has 1 fully saturated rings. The number of hydrogen-bond donors (Lipinski definition) is 2. The molecule has 0 aliphatic carbocycles. The van der Waals surface area contributed by atoms with Gasteiger partial charge in [0.15, 0.2) is 0 Å². The summed E-state index contributed by atoms with van der Waals surface area (Å²) >= 11 is 1.48. The van der Waals surface area contributed by atoms with E-state index in [-0.39, 0.29) is 12.1 Å². The summed E-state index contributed by atoms with van der Waals surface area (Å²) in [6.07, 6.45) is 3.22. The summed E-state index contributed by atoms with van der Waals surface area (Å²) in [5.41, 5.74) is 0. The Kier molecular flexibility index (Phi) is 5.79. The van der Waals surface area contributed by atoms with Crippen LogP contribution in [0.3, 0.4) is 0 Å². The van der Waals surface area contributed by atoms with Crippen LogP contribution < -0.4 is 10.1 Å². The van der Waals surface area contributed by atoms with Crippen LogP contribution in [0.5, 0.6) is 0 Å². The fourth-order valence-corrected chi connectivity index (χ4v) is 5.12. The van der Waals surface area contributed by atoms with E-state index in [9.17, 15) is 8.42 Å². The summed E-state index contributed by atoms with van der Waals surface area (Å²) in [5, 5.41) is 6.82. The van der Waals surface area contributed by atoms with Gasteiger partial charge in [-0.05, 0) is 39.3 Å². The monoisotopic (exact) mass is 331 g/mol. The van der Waals surface area contributed by atoms with Crippen molar-refractivity contribution in [2.45, 2.75) is 63.6 Å². The van der Waals surface area contributed by atoms with Crippen molar-refractivity contribution in [1.29, 1.82) is 0 Å². The van der Waals surface area contributed by atoms with E-state index in [0.29, 0.717) is 11.4 Å². The van der Waals surface area contributed by atoms with E-state index in [4.69, 9.17) is 0 Å². The number of hydrogen-bond acceptors (Lipinski definition) is 5. The van der Waals surface area contributed by atoms with Gasteiger partial charge in [-0.1, -0.05) is 13.3 Å². The van der Waals surface area contributed by atoms with Crippen molar-refractivity contribution in [1.82, 2.24) is 15.2 Å². The zero-order valence-corrected chi connectivity index (χ0v) is 14.6. The third-order valence-corrected chi connectivity index (χ3v) is 6.30. The topological polar surface area (TPSA) is 61.4 Å². The minimum Gasteiger partial charge on any atom is -0.312 e. The van der Waals surface area contributed by atoms with Gasteiger partial charge in [0.25, 0.3) is 10.0 Å². The van der Waals surface area contributed by atoms with Crippen molar-refractivity contribution in [2.24, 2.45) is 0 Å². The minimum atomic E-state index is -3.47. The van der Waals surface area contributed by atoms with Crippen molar-refractivity contribution in [3.8, 4) is 0 Å². The Morgan fingerprint density at radius 2 is 2.00 bits per heavy atom. The van der Waals surface area contributed by atoms with Crippen LogP contribution >= 0.6 is 11.3 Å². The van der Waals surface area contributed by atoms with Crippen molar-refractivity contribution >= 4 is 21.4 Å². The highest BCUT2D eigenvalue weighted by Gasteiger charge is 2.29. The molecule has 0 saturated carbocycles. The molecule has 5 nitrogen and oxygen atoms in total. The lowest BCUT2D eigenvalue weighted by atomic mass is 10.0. The minimum absolute atomic E-state index is 0.239. The molecule has 0 aromatic carbocycles. The first-order chi connectivity index (χ1) is 9.94. The summed E-state index contributed by atoms with van der Waals surface area (Å²) in [5.74, 6) is 0. The molecule has 2 rings (SSSR count). The summed E-state index contributed by atoms with van der Waals surface area (Å²) in [6, 6.07) is 2.24. The van der Waals surface area contributed by atoms with E-state index < -0.39 is 10.0 Å². The molecule has 0 radical (unpaired) electrons. The van der Waals surface area contributed by atoms with Crippen LogP contribution in [0.4, 0.5) is 0 Å². The number of hydrazine groups is 1. The number of rotatable bonds is 6. The molecule has 0 bridgehead atoms. The second kappa shape index (κ2) is 7.19. The molecule has 0 amide bonds. The second-order valence-electron chi connectivity index (χ2n) is 5.66. The molecule has 2 N–H and O–H groups in total. The van der Waals surface area contributed by atoms with Crippen LogP contribution in [0, 0.1) is 0 Å². The predicted molar refractivity (Wildman–Crippen MR) is 86.6 cm³/mol. The molecule has 1 aliphatic heterocycles. The maximum Gasteiger partial charge on any atom is 0.254 e. The molecule has 1 saturated heterocycles. The van der Waals surface area contributed by atoms with Crippen LogP contribution in [0.15, 0.2) is 16.3 Å². The Morgan fingerprint density at radius 3 is 2.62 bits per heavy atom. The first kappa shape index (κ1) is 16.9. The van der Waals surface area contributed by atoms with Crippen molar-refractivity contribution < 1.29 is 8.42 Å². The zero-order chi connectivity index (χ0) is 15.5. The average molecular weight is 332 g/mol. The molecule has 1 aliphatic rings. The highest BCUT2D eigenvalue weighted by atomic mass is 32.2. The number of nitrogens with one attached hydrogen (secondary N) is 2. The quantitative estimate of drug-likeness (QED) is 0.840. The highest BCUT2D eigenvalue weighted by molar-refractivity contribution is 7.89. The van der Waals surface area contributed by atoms with Gasteiger partial charge in [0.05, 0.1) is 4.90 Å². The zero-order valence-electron chi connectivity index (χ0n) is 12.9. The van der Waals surface area contributed by atoms with E-state index in [2.05, 4.69) is 24.0 Å². The predicted octanol–water partition coefficient (Wildman–Crippen LogP) is 2.31. The molecular weight excluding hydrogens is 306 g/mol. The van der Waals surface area contributed by atoms with Gasteiger partial charge in [-0.2, -0.15) is 0 Å². The SMILES string of the molecule is CCNCc1cc(S(=O)(=O)NN2C(C)CCCC2C)cs1. The van der Waals surface area contributed by atoms with E-state index >= 15 is 0 Å². The second-order valence-corrected chi connectivity index (χ2v) is 8.32. The first-order valence-electron chi connectivity index (χ1n) is 7.53. The lowest BCUT2D eigenvalue weighted by Crippen LogP contribution is -2.53. The number of sulfonamides is 1. The van der Waals surface area contributed by atoms with E-state index in [1.807, 2.05) is 11.9 Å². The van der Waals surface area contributed by atoms with Crippen molar-refractivity contribution in [3.05, 3.63) is 16.3 Å². The van der Waals surface area contributed by atoms with Gasteiger partial charge in [-0.3, -0.25) is 0 Å². The van der Waals surface area contributed by atoms with Crippen LogP contribution in [-0.4, -0.2) is 32.1 Å². The molecule has 21 heavy (non-hydrogen) atoms. The number of piperidine rings is 1. The van der Waals surface area contributed by atoms with Crippen LogP contribution in [0.25, 0.3) is 0 Å².